The van der Waals surface area contributed by atoms with Gasteiger partial charge in [-0.1, -0.05) is 6.92 Å². The molecule has 16 heavy (non-hydrogen) atoms. The molecular formula is C12H25N3O. The Labute approximate surface area is 98.6 Å². The van der Waals surface area contributed by atoms with Crippen LogP contribution in [0.1, 0.15) is 40.0 Å². The number of rotatable bonds is 4. The molecule has 0 aromatic carbocycles. The van der Waals surface area contributed by atoms with E-state index in [1.165, 1.54) is 0 Å². The third kappa shape index (κ3) is 3.46. The molecule has 1 aliphatic rings. The Morgan fingerprint density at radius 2 is 2.31 bits per heavy atom. The van der Waals surface area contributed by atoms with Gasteiger partial charge in [0.05, 0.1) is 6.04 Å². The second-order valence-electron chi connectivity index (χ2n) is 4.84. The van der Waals surface area contributed by atoms with Crippen LogP contribution in [-0.2, 0) is 4.79 Å². The van der Waals surface area contributed by atoms with Crippen molar-refractivity contribution in [2.45, 2.75) is 58.2 Å². The van der Waals surface area contributed by atoms with Gasteiger partial charge in [-0.25, -0.2) is 0 Å². The summed E-state index contributed by atoms with van der Waals surface area (Å²) in [4.78, 5) is 14.1. The summed E-state index contributed by atoms with van der Waals surface area (Å²) < 4.78 is 0. The number of piperidine rings is 1. The minimum Gasteiger partial charge on any atom is -0.355 e. The van der Waals surface area contributed by atoms with E-state index in [9.17, 15) is 4.79 Å². The highest BCUT2D eigenvalue weighted by atomic mass is 16.2. The first kappa shape index (κ1) is 13.5. The van der Waals surface area contributed by atoms with Gasteiger partial charge in [0, 0.05) is 25.2 Å². The maximum atomic E-state index is 11.8. The molecule has 0 aromatic rings. The van der Waals surface area contributed by atoms with E-state index >= 15 is 0 Å². The molecule has 1 amide bonds. The molecule has 0 saturated carbocycles. The van der Waals surface area contributed by atoms with E-state index in [1.54, 1.807) is 0 Å². The van der Waals surface area contributed by atoms with Crippen LogP contribution in [0.5, 0.6) is 0 Å². The van der Waals surface area contributed by atoms with Crippen molar-refractivity contribution in [1.82, 2.24) is 10.2 Å². The Balaban J connectivity index is 2.46. The van der Waals surface area contributed by atoms with Crippen LogP contribution in [0.15, 0.2) is 0 Å². The topological polar surface area (TPSA) is 58.4 Å². The zero-order chi connectivity index (χ0) is 12.1. The molecule has 0 radical (unpaired) electrons. The third-order valence-electron chi connectivity index (χ3n) is 3.39. The van der Waals surface area contributed by atoms with Gasteiger partial charge in [0.25, 0.3) is 0 Å². The fourth-order valence-electron chi connectivity index (χ4n) is 2.35. The standard InChI is InChI=1S/C12H25N3O/c1-4-6-14-12(16)10(3)15-7-5-11(13)8-9(15)2/h9-11H,4-8,13H2,1-3H3,(H,14,16). The molecule has 3 N–H and O–H groups in total. The zero-order valence-corrected chi connectivity index (χ0v) is 10.7. The summed E-state index contributed by atoms with van der Waals surface area (Å²) in [5.41, 5.74) is 5.92. The van der Waals surface area contributed by atoms with Gasteiger partial charge in [-0.15, -0.1) is 0 Å². The van der Waals surface area contributed by atoms with Crippen molar-refractivity contribution >= 4 is 5.91 Å². The highest BCUT2D eigenvalue weighted by Gasteiger charge is 2.29. The number of carbonyl (C=O) groups excluding carboxylic acids is 1. The first-order valence-electron chi connectivity index (χ1n) is 6.35. The fraction of sp³-hybridized carbons (Fsp3) is 0.917. The van der Waals surface area contributed by atoms with E-state index < -0.39 is 0 Å². The second-order valence-corrected chi connectivity index (χ2v) is 4.84. The van der Waals surface area contributed by atoms with Crippen molar-refractivity contribution in [3.63, 3.8) is 0 Å². The minimum atomic E-state index is -0.0333. The number of nitrogens with one attached hydrogen (secondary N) is 1. The van der Waals surface area contributed by atoms with Crippen molar-refractivity contribution in [3.8, 4) is 0 Å². The zero-order valence-electron chi connectivity index (χ0n) is 10.7. The van der Waals surface area contributed by atoms with Crippen molar-refractivity contribution in [1.29, 1.82) is 0 Å². The number of hydrogen-bond acceptors (Lipinski definition) is 3. The first-order valence-corrected chi connectivity index (χ1v) is 6.35. The molecule has 0 aromatic heterocycles. The number of likely N-dealkylation sites (tertiary alicyclic amines) is 1. The van der Waals surface area contributed by atoms with E-state index in [2.05, 4.69) is 24.1 Å². The summed E-state index contributed by atoms with van der Waals surface area (Å²) in [5.74, 6) is 0.143. The van der Waals surface area contributed by atoms with Gasteiger partial charge in [0.2, 0.25) is 5.91 Å². The summed E-state index contributed by atoms with van der Waals surface area (Å²) in [6.07, 6.45) is 2.97. The number of nitrogens with zero attached hydrogens (tertiary/aromatic N) is 1. The molecule has 3 atom stereocenters. The lowest BCUT2D eigenvalue weighted by Crippen LogP contribution is -2.54. The van der Waals surface area contributed by atoms with E-state index in [1.807, 2.05) is 6.92 Å². The lowest BCUT2D eigenvalue weighted by Gasteiger charge is -2.39. The Hall–Kier alpha value is -0.610. The quantitative estimate of drug-likeness (QED) is 0.744. The van der Waals surface area contributed by atoms with Crippen LogP contribution in [0.3, 0.4) is 0 Å². The SMILES string of the molecule is CCCNC(=O)C(C)N1CCC(N)CC1C. The predicted octanol–water partition coefficient (Wildman–Crippen LogP) is 0.713. The summed E-state index contributed by atoms with van der Waals surface area (Å²) in [6, 6.07) is 0.678. The highest BCUT2D eigenvalue weighted by molar-refractivity contribution is 5.81. The van der Waals surface area contributed by atoms with Crippen LogP contribution >= 0.6 is 0 Å². The van der Waals surface area contributed by atoms with Crippen LogP contribution < -0.4 is 11.1 Å². The minimum absolute atomic E-state index is 0.0333. The van der Waals surface area contributed by atoms with Gasteiger partial charge in [-0.3, -0.25) is 9.69 Å². The molecule has 1 rings (SSSR count). The maximum absolute atomic E-state index is 11.8. The predicted molar refractivity (Wildman–Crippen MR) is 66.1 cm³/mol. The van der Waals surface area contributed by atoms with E-state index in [0.717, 1.165) is 32.4 Å². The lowest BCUT2D eigenvalue weighted by molar-refractivity contribution is -0.127. The highest BCUT2D eigenvalue weighted by Crippen LogP contribution is 2.18. The molecule has 4 nitrogen and oxygen atoms in total. The second kappa shape index (κ2) is 6.21. The summed E-state index contributed by atoms with van der Waals surface area (Å²) in [5, 5.41) is 2.95. The molecule has 1 heterocycles. The average molecular weight is 227 g/mol. The molecule has 1 saturated heterocycles. The van der Waals surface area contributed by atoms with Crippen molar-refractivity contribution in [3.05, 3.63) is 0 Å². The van der Waals surface area contributed by atoms with Crippen LogP contribution in [0.4, 0.5) is 0 Å². The van der Waals surface area contributed by atoms with E-state index in [0.29, 0.717) is 12.1 Å². The Morgan fingerprint density at radius 1 is 1.62 bits per heavy atom. The molecule has 1 fully saturated rings. The normalized spacial score (nSPS) is 28.8. The molecule has 0 aliphatic carbocycles. The number of nitrogens with two attached hydrogens (primary N) is 1. The van der Waals surface area contributed by atoms with Gasteiger partial charge in [-0.05, 0) is 33.1 Å². The maximum Gasteiger partial charge on any atom is 0.237 e. The van der Waals surface area contributed by atoms with Crippen LogP contribution in [-0.4, -0.2) is 42.0 Å². The average Bonchev–Trinajstić information content (AvgIpc) is 2.25. The molecular weight excluding hydrogens is 202 g/mol. The number of carbonyl (C=O) groups is 1. The lowest BCUT2D eigenvalue weighted by atomic mass is 9.97. The molecule has 3 unspecified atom stereocenters. The fourth-order valence-corrected chi connectivity index (χ4v) is 2.35. The number of amides is 1. The third-order valence-corrected chi connectivity index (χ3v) is 3.39. The molecule has 0 spiro atoms. The van der Waals surface area contributed by atoms with E-state index in [4.69, 9.17) is 5.73 Å². The van der Waals surface area contributed by atoms with Crippen LogP contribution in [0, 0.1) is 0 Å². The largest absolute Gasteiger partial charge is 0.355 e. The van der Waals surface area contributed by atoms with Crippen molar-refractivity contribution in [2.75, 3.05) is 13.1 Å². The van der Waals surface area contributed by atoms with E-state index in [-0.39, 0.29) is 11.9 Å². The van der Waals surface area contributed by atoms with Gasteiger partial charge >= 0.3 is 0 Å². The smallest absolute Gasteiger partial charge is 0.237 e. The summed E-state index contributed by atoms with van der Waals surface area (Å²) in [7, 11) is 0. The van der Waals surface area contributed by atoms with Gasteiger partial charge in [0.1, 0.15) is 0 Å². The Kier molecular flexibility index (Phi) is 5.22. The van der Waals surface area contributed by atoms with Crippen LogP contribution in [0.2, 0.25) is 0 Å². The molecule has 1 aliphatic heterocycles. The molecule has 4 heteroatoms. The first-order chi connectivity index (χ1) is 7.56. The van der Waals surface area contributed by atoms with Crippen molar-refractivity contribution in [2.24, 2.45) is 5.73 Å². The molecule has 0 bridgehead atoms. The Morgan fingerprint density at radius 3 is 2.88 bits per heavy atom. The number of hydrogen-bond donors (Lipinski definition) is 2. The summed E-state index contributed by atoms with van der Waals surface area (Å²) >= 11 is 0. The monoisotopic (exact) mass is 227 g/mol. The van der Waals surface area contributed by atoms with Gasteiger partial charge < -0.3 is 11.1 Å². The van der Waals surface area contributed by atoms with Crippen LogP contribution in [0.25, 0.3) is 0 Å². The van der Waals surface area contributed by atoms with Gasteiger partial charge in [-0.2, -0.15) is 0 Å². The Bertz CT molecular complexity index is 232. The van der Waals surface area contributed by atoms with Crippen molar-refractivity contribution < 1.29 is 4.79 Å². The van der Waals surface area contributed by atoms with Gasteiger partial charge in [0.15, 0.2) is 0 Å². The molecule has 94 valence electrons. The summed E-state index contributed by atoms with van der Waals surface area (Å²) in [6.45, 7) is 7.91.